The van der Waals surface area contributed by atoms with Crippen LogP contribution in [0, 0.1) is 13.8 Å². The van der Waals surface area contributed by atoms with E-state index in [0.717, 1.165) is 46.1 Å². The highest BCUT2D eigenvalue weighted by Gasteiger charge is 2.15. The van der Waals surface area contributed by atoms with E-state index in [0.29, 0.717) is 18.0 Å². The molecule has 1 aromatic heterocycles. The number of carbonyl (C=O) groups is 2. The van der Waals surface area contributed by atoms with Gasteiger partial charge in [-0.15, -0.1) is 0 Å². The average molecular weight is 456 g/mol. The van der Waals surface area contributed by atoms with E-state index in [1.165, 1.54) is 5.56 Å². The summed E-state index contributed by atoms with van der Waals surface area (Å²) in [5.41, 5.74) is 12.2. The van der Waals surface area contributed by atoms with Gasteiger partial charge in [-0.05, 0) is 67.1 Å². The maximum absolute atomic E-state index is 12.1. The summed E-state index contributed by atoms with van der Waals surface area (Å²) in [6, 6.07) is 21.9. The lowest BCUT2D eigenvalue weighted by atomic mass is 10.0. The molecule has 0 saturated carbocycles. The molecule has 4 N–H and O–H groups in total. The quantitative estimate of drug-likeness (QED) is 0.338. The number of hydrogen-bond donors (Lipinski definition) is 3. The zero-order chi connectivity index (χ0) is 24.2. The SMILES string of the molecule is Cc1ccc(NC(=O)CC(N)=O)c2cc(C)n(Cc3ccc(O)c(CCc4ccccc4)c3)c12. The van der Waals surface area contributed by atoms with Crippen molar-refractivity contribution < 1.29 is 14.7 Å². The normalized spacial score (nSPS) is 11.0. The Labute approximate surface area is 199 Å². The molecule has 0 saturated heterocycles. The topological polar surface area (TPSA) is 97.4 Å². The van der Waals surface area contributed by atoms with Crippen molar-refractivity contribution in [2.24, 2.45) is 5.73 Å². The van der Waals surface area contributed by atoms with E-state index >= 15 is 0 Å². The molecule has 2 amide bonds. The van der Waals surface area contributed by atoms with Crippen molar-refractivity contribution in [3.8, 4) is 5.75 Å². The molecule has 0 aliphatic rings. The number of nitrogens with two attached hydrogens (primary N) is 1. The highest BCUT2D eigenvalue weighted by atomic mass is 16.3. The third kappa shape index (κ3) is 5.12. The minimum absolute atomic E-state index is 0.310. The second-order valence-corrected chi connectivity index (χ2v) is 8.70. The molecule has 3 aromatic carbocycles. The number of phenols is 1. The number of phenolic OH excluding ortho intramolecular Hbond substituents is 1. The molecule has 0 bridgehead atoms. The molecule has 4 aromatic rings. The van der Waals surface area contributed by atoms with E-state index in [4.69, 9.17) is 5.73 Å². The number of aromatic hydroxyl groups is 1. The van der Waals surface area contributed by atoms with E-state index in [9.17, 15) is 14.7 Å². The van der Waals surface area contributed by atoms with E-state index < -0.39 is 11.8 Å². The van der Waals surface area contributed by atoms with Crippen LogP contribution in [0.25, 0.3) is 10.9 Å². The van der Waals surface area contributed by atoms with Gasteiger partial charge in [0.05, 0.1) is 11.2 Å². The van der Waals surface area contributed by atoms with Crippen LogP contribution in [0.4, 0.5) is 5.69 Å². The van der Waals surface area contributed by atoms with Gasteiger partial charge in [-0.2, -0.15) is 0 Å². The van der Waals surface area contributed by atoms with Crippen molar-refractivity contribution in [3.05, 3.63) is 94.7 Å². The third-order valence-corrected chi connectivity index (χ3v) is 6.09. The lowest BCUT2D eigenvalue weighted by molar-refractivity contribution is -0.124. The van der Waals surface area contributed by atoms with Crippen molar-refractivity contribution in [3.63, 3.8) is 0 Å². The Kier molecular flexibility index (Phi) is 6.68. The Morgan fingerprint density at radius 3 is 2.44 bits per heavy atom. The van der Waals surface area contributed by atoms with Gasteiger partial charge in [0.15, 0.2) is 0 Å². The number of amides is 2. The Hall–Kier alpha value is -4.06. The fourth-order valence-corrected chi connectivity index (χ4v) is 4.39. The minimum atomic E-state index is -0.662. The molecule has 0 radical (unpaired) electrons. The van der Waals surface area contributed by atoms with Crippen molar-refractivity contribution in [1.82, 2.24) is 4.57 Å². The van der Waals surface area contributed by atoms with E-state index in [-0.39, 0.29) is 6.42 Å². The van der Waals surface area contributed by atoms with Gasteiger partial charge in [0, 0.05) is 17.6 Å². The molecule has 0 spiro atoms. The van der Waals surface area contributed by atoms with Crippen LogP contribution in [0.5, 0.6) is 5.75 Å². The maximum atomic E-state index is 12.1. The summed E-state index contributed by atoms with van der Waals surface area (Å²) in [4.78, 5) is 23.2. The minimum Gasteiger partial charge on any atom is -0.508 e. The van der Waals surface area contributed by atoms with Crippen LogP contribution >= 0.6 is 0 Å². The first-order chi connectivity index (χ1) is 16.3. The van der Waals surface area contributed by atoms with Crippen LogP contribution in [0.2, 0.25) is 0 Å². The number of fused-ring (bicyclic) bond motifs is 1. The molecular formula is C28H29N3O3. The fraction of sp³-hybridized carbons (Fsp3) is 0.214. The van der Waals surface area contributed by atoms with Crippen molar-refractivity contribution >= 4 is 28.4 Å². The lowest BCUT2D eigenvalue weighted by Gasteiger charge is -2.14. The monoisotopic (exact) mass is 455 g/mol. The molecule has 0 fully saturated rings. The number of primary amides is 1. The lowest BCUT2D eigenvalue weighted by Crippen LogP contribution is -2.21. The molecule has 4 rings (SSSR count). The van der Waals surface area contributed by atoms with Gasteiger partial charge in [0.25, 0.3) is 0 Å². The predicted molar refractivity (Wildman–Crippen MR) is 135 cm³/mol. The van der Waals surface area contributed by atoms with Crippen molar-refractivity contribution in [2.45, 2.75) is 39.7 Å². The molecule has 0 aliphatic carbocycles. The van der Waals surface area contributed by atoms with Gasteiger partial charge in [-0.25, -0.2) is 0 Å². The average Bonchev–Trinajstić information content (AvgIpc) is 3.13. The molecule has 174 valence electrons. The summed E-state index contributed by atoms with van der Waals surface area (Å²) in [5.74, 6) is -0.779. The molecule has 0 aliphatic heterocycles. The Balaban J connectivity index is 1.62. The number of carbonyl (C=O) groups excluding carboxylic acids is 2. The first-order valence-corrected chi connectivity index (χ1v) is 11.3. The first kappa shape index (κ1) is 23.1. The Bertz CT molecular complexity index is 1360. The Morgan fingerprint density at radius 2 is 1.71 bits per heavy atom. The number of aromatic nitrogens is 1. The number of anilines is 1. The van der Waals surface area contributed by atoms with Crippen molar-refractivity contribution in [2.75, 3.05) is 5.32 Å². The molecule has 6 heteroatoms. The molecule has 1 heterocycles. The third-order valence-electron chi connectivity index (χ3n) is 6.09. The number of aryl methyl sites for hydroxylation is 4. The van der Waals surface area contributed by atoms with E-state index in [1.807, 2.05) is 56.3 Å². The number of nitrogens with one attached hydrogen (secondary N) is 1. The Morgan fingerprint density at radius 1 is 0.941 bits per heavy atom. The van der Waals surface area contributed by atoms with Crippen LogP contribution in [0.15, 0.2) is 66.7 Å². The molecular weight excluding hydrogens is 426 g/mol. The molecule has 6 nitrogen and oxygen atoms in total. The number of hydrogen-bond acceptors (Lipinski definition) is 3. The summed E-state index contributed by atoms with van der Waals surface area (Å²) >= 11 is 0. The van der Waals surface area contributed by atoms with Gasteiger partial charge < -0.3 is 20.7 Å². The first-order valence-electron chi connectivity index (χ1n) is 11.3. The highest BCUT2D eigenvalue weighted by molar-refractivity contribution is 6.07. The van der Waals surface area contributed by atoms with Crippen molar-refractivity contribution in [1.29, 1.82) is 0 Å². The second-order valence-electron chi connectivity index (χ2n) is 8.70. The van der Waals surface area contributed by atoms with Crippen LogP contribution in [-0.4, -0.2) is 21.5 Å². The number of benzene rings is 3. The number of rotatable bonds is 8. The summed E-state index contributed by atoms with van der Waals surface area (Å²) in [6.45, 7) is 4.70. The van der Waals surface area contributed by atoms with E-state index in [2.05, 4.69) is 28.1 Å². The molecule has 0 unspecified atom stereocenters. The highest BCUT2D eigenvalue weighted by Crippen LogP contribution is 2.31. The number of nitrogens with zero attached hydrogens (tertiary/aromatic N) is 1. The largest absolute Gasteiger partial charge is 0.508 e. The zero-order valence-electron chi connectivity index (χ0n) is 19.5. The standard InChI is InChI=1S/C28H29N3O3/c1-18-8-12-24(30-27(34)16-26(29)33)23-14-19(2)31(28(18)23)17-21-10-13-25(32)22(15-21)11-9-20-6-4-3-5-7-20/h3-8,10,12-15,32H,9,11,16-17H2,1-2H3,(H2,29,33)(H,30,34). The summed E-state index contributed by atoms with van der Waals surface area (Å²) < 4.78 is 2.21. The summed E-state index contributed by atoms with van der Waals surface area (Å²) in [5, 5.41) is 14.1. The maximum Gasteiger partial charge on any atom is 0.233 e. The zero-order valence-corrected chi connectivity index (χ0v) is 19.5. The summed E-state index contributed by atoms with van der Waals surface area (Å²) in [6.07, 6.45) is 1.26. The van der Waals surface area contributed by atoms with Gasteiger partial charge in [-0.1, -0.05) is 48.5 Å². The smallest absolute Gasteiger partial charge is 0.233 e. The fourth-order valence-electron chi connectivity index (χ4n) is 4.39. The summed E-state index contributed by atoms with van der Waals surface area (Å²) in [7, 11) is 0. The van der Waals surface area contributed by atoms with Gasteiger partial charge in [0.2, 0.25) is 11.8 Å². The van der Waals surface area contributed by atoms with Crippen LogP contribution < -0.4 is 11.1 Å². The van der Waals surface area contributed by atoms with Gasteiger partial charge in [0.1, 0.15) is 12.2 Å². The van der Waals surface area contributed by atoms with Crippen LogP contribution in [0.1, 0.15) is 34.4 Å². The predicted octanol–water partition coefficient (Wildman–Crippen LogP) is 4.61. The van der Waals surface area contributed by atoms with Crippen LogP contribution in [0.3, 0.4) is 0 Å². The second kappa shape index (κ2) is 9.83. The van der Waals surface area contributed by atoms with E-state index in [1.54, 1.807) is 6.07 Å². The van der Waals surface area contributed by atoms with Gasteiger partial charge in [-0.3, -0.25) is 9.59 Å². The van der Waals surface area contributed by atoms with Crippen LogP contribution in [-0.2, 0) is 29.0 Å². The van der Waals surface area contributed by atoms with Gasteiger partial charge >= 0.3 is 0 Å². The molecule has 34 heavy (non-hydrogen) atoms. The molecule has 0 atom stereocenters.